The van der Waals surface area contributed by atoms with E-state index in [2.05, 4.69) is 10.6 Å². The van der Waals surface area contributed by atoms with E-state index in [9.17, 15) is 13.6 Å². The first kappa shape index (κ1) is 16.7. The Bertz CT molecular complexity index is 458. The van der Waals surface area contributed by atoms with Crippen molar-refractivity contribution in [3.63, 3.8) is 0 Å². The third kappa shape index (κ3) is 4.61. The van der Waals surface area contributed by atoms with Crippen molar-refractivity contribution in [3.8, 4) is 0 Å². The minimum Gasteiger partial charge on any atom is -0.383 e. The van der Waals surface area contributed by atoms with Crippen LogP contribution >= 0.6 is 11.6 Å². The molecule has 0 radical (unpaired) electrons. The number of rotatable bonds is 6. The van der Waals surface area contributed by atoms with Gasteiger partial charge in [-0.25, -0.2) is 13.6 Å². The van der Waals surface area contributed by atoms with Crippen molar-refractivity contribution in [2.45, 2.75) is 25.8 Å². The van der Waals surface area contributed by atoms with Crippen LogP contribution < -0.4 is 10.6 Å². The minimum atomic E-state index is -2.69. The number of ether oxygens (including phenoxy) is 1. The molecule has 112 valence electrons. The fourth-order valence-electron chi connectivity index (χ4n) is 1.62. The second-order valence-electron chi connectivity index (χ2n) is 4.17. The van der Waals surface area contributed by atoms with Crippen LogP contribution in [0.5, 0.6) is 0 Å². The maximum atomic E-state index is 12.7. The molecule has 0 bridgehead atoms. The van der Waals surface area contributed by atoms with Gasteiger partial charge in [0.1, 0.15) is 0 Å². The molecule has 4 nitrogen and oxygen atoms in total. The Hall–Kier alpha value is -1.40. The molecule has 0 aliphatic rings. The molecule has 1 atom stereocenters. The Morgan fingerprint density at radius 3 is 2.70 bits per heavy atom. The van der Waals surface area contributed by atoms with Gasteiger partial charge in [-0.15, -0.1) is 0 Å². The number of carbonyl (C=O) groups is 1. The highest BCUT2D eigenvalue weighted by atomic mass is 35.5. The van der Waals surface area contributed by atoms with Crippen LogP contribution in [0.1, 0.15) is 25.3 Å². The van der Waals surface area contributed by atoms with E-state index in [0.717, 1.165) is 0 Å². The van der Waals surface area contributed by atoms with Gasteiger partial charge < -0.3 is 15.4 Å². The number of alkyl halides is 2. The number of hydrogen-bond acceptors (Lipinski definition) is 2. The molecule has 1 aromatic rings. The van der Waals surface area contributed by atoms with Gasteiger partial charge in [0.25, 0.3) is 6.43 Å². The van der Waals surface area contributed by atoms with Gasteiger partial charge in [0.15, 0.2) is 0 Å². The molecule has 1 rings (SSSR count). The highest BCUT2D eigenvalue weighted by molar-refractivity contribution is 6.34. The molecule has 2 amide bonds. The number of amides is 2. The van der Waals surface area contributed by atoms with E-state index >= 15 is 0 Å². The second-order valence-corrected chi connectivity index (χ2v) is 4.55. The number of methoxy groups -OCH3 is 1. The standard InChI is InChI=1S/C13H17ClF2N2O2/c1-3-8(7-20-2)17-13(19)18-10-6-4-5-9(11(10)14)12(15)16/h4-6,8,12H,3,7H2,1-2H3,(H2,17,18,19). The van der Waals surface area contributed by atoms with Gasteiger partial charge in [-0.2, -0.15) is 0 Å². The van der Waals surface area contributed by atoms with E-state index in [1.807, 2.05) is 6.92 Å². The lowest BCUT2D eigenvalue weighted by Gasteiger charge is -2.17. The topological polar surface area (TPSA) is 50.4 Å². The van der Waals surface area contributed by atoms with Gasteiger partial charge in [0, 0.05) is 12.7 Å². The molecular weight excluding hydrogens is 290 g/mol. The molecule has 2 N–H and O–H groups in total. The fraction of sp³-hybridized carbons (Fsp3) is 0.462. The quantitative estimate of drug-likeness (QED) is 0.839. The summed E-state index contributed by atoms with van der Waals surface area (Å²) in [5, 5.41) is 4.97. The van der Waals surface area contributed by atoms with Gasteiger partial charge in [-0.3, -0.25) is 0 Å². The molecule has 0 fully saturated rings. The van der Waals surface area contributed by atoms with Crippen LogP contribution in [0.15, 0.2) is 18.2 Å². The van der Waals surface area contributed by atoms with Crippen molar-refractivity contribution in [3.05, 3.63) is 28.8 Å². The third-order valence-corrected chi connectivity index (χ3v) is 3.13. The maximum absolute atomic E-state index is 12.7. The van der Waals surface area contributed by atoms with Crippen LogP contribution in [-0.4, -0.2) is 25.8 Å². The fourth-order valence-corrected chi connectivity index (χ4v) is 1.88. The molecule has 0 spiro atoms. The van der Waals surface area contributed by atoms with Gasteiger partial charge >= 0.3 is 6.03 Å². The van der Waals surface area contributed by atoms with Crippen molar-refractivity contribution in [2.75, 3.05) is 19.0 Å². The first-order valence-corrected chi connectivity index (χ1v) is 6.50. The number of urea groups is 1. The van der Waals surface area contributed by atoms with E-state index in [1.54, 1.807) is 0 Å². The molecule has 0 aromatic heterocycles. The highest BCUT2D eigenvalue weighted by Gasteiger charge is 2.16. The van der Waals surface area contributed by atoms with Crippen LogP contribution in [0, 0.1) is 0 Å². The summed E-state index contributed by atoms with van der Waals surface area (Å²) in [5.41, 5.74) is -0.164. The van der Waals surface area contributed by atoms with E-state index < -0.39 is 12.5 Å². The smallest absolute Gasteiger partial charge is 0.319 e. The zero-order valence-electron chi connectivity index (χ0n) is 11.3. The van der Waals surface area contributed by atoms with Crippen LogP contribution in [0.3, 0.4) is 0 Å². The second kappa shape index (κ2) is 8.01. The maximum Gasteiger partial charge on any atom is 0.319 e. The van der Waals surface area contributed by atoms with E-state index in [1.165, 1.54) is 25.3 Å². The van der Waals surface area contributed by atoms with Gasteiger partial charge in [0.2, 0.25) is 0 Å². The lowest BCUT2D eigenvalue weighted by atomic mass is 10.2. The van der Waals surface area contributed by atoms with Crippen LogP contribution in [-0.2, 0) is 4.74 Å². The predicted octanol–water partition coefficient (Wildman–Crippen LogP) is 3.82. The molecule has 1 aromatic carbocycles. The molecule has 7 heteroatoms. The van der Waals surface area contributed by atoms with E-state index in [-0.39, 0.29) is 22.3 Å². The number of anilines is 1. The molecule has 0 aliphatic heterocycles. The van der Waals surface area contributed by atoms with Gasteiger partial charge in [-0.05, 0) is 12.5 Å². The van der Waals surface area contributed by atoms with Crippen LogP contribution in [0.2, 0.25) is 5.02 Å². The van der Waals surface area contributed by atoms with Crippen molar-refractivity contribution in [2.24, 2.45) is 0 Å². The number of carbonyl (C=O) groups excluding carboxylic acids is 1. The summed E-state index contributed by atoms with van der Waals surface area (Å²) in [6.07, 6.45) is -2.00. The predicted molar refractivity (Wildman–Crippen MR) is 74.5 cm³/mol. The third-order valence-electron chi connectivity index (χ3n) is 2.71. The largest absolute Gasteiger partial charge is 0.383 e. The summed E-state index contributed by atoms with van der Waals surface area (Å²) >= 11 is 5.83. The van der Waals surface area contributed by atoms with Crippen molar-refractivity contribution >= 4 is 23.3 Å². The Morgan fingerprint density at radius 1 is 1.45 bits per heavy atom. The Morgan fingerprint density at radius 2 is 2.15 bits per heavy atom. The zero-order chi connectivity index (χ0) is 15.1. The molecule has 1 unspecified atom stereocenters. The number of halogens is 3. The molecule has 0 aliphatic carbocycles. The van der Waals surface area contributed by atoms with Crippen molar-refractivity contribution in [1.29, 1.82) is 0 Å². The highest BCUT2D eigenvalue weighted by Crippen LogP contribution is 2.32. The van der Waals surface area contributed by atoms with Crippen molar-refractivity contribution < 1.29 is 18.3 Å². The average molecular weight is 307 g/mol. The van der Waals surface area contributed by atoms with Crippen LogP contribution in [0.25, 0.3) is 0 Å². The summed E-state index contributed by atoms with van der Waals surface area (Å²) in [7, 11) is 1.53. The number of hydrogen-bond donors (Lipinski definition) is 2. The lowest BCUT2D eigenvalue weighted by molar-refractivity contribution is 0.151. The van der Waals surface area contributed by atoms with Crippen LogP contribution in [0.4, 0.5) is 19.3 Å². The summed E-state index contributed by atoms with van der Waals surface area (Å²) in [6.45, 7) is 2.27. The lowest BCUT2D eigenvalue weighted by Crippen LogP contribution is -2.40. The molecule has 0 saturated heterocycles. The SMILES string of the molecule is CCC(COC)NC(=O)Nc1cccc(C(F)F)c1Cl. The minimum absolute atomic E-state index is 0.147. The summed E-state index contributed by atoms with van der Waals surface area (Å²) in [6, 6.07) is 3.43. The monoisotopic (exact) mass is 306 g/mol. The Kier molecular flexibility index (Phi) is 6.67. The van der Waals surface area contributed by atoms with Gasteiger partial charge in [-0.1, -0.05) is 30.7 Å². The van der Waals surface area contributed by atoms with Gasteiger partial charge in [0.05, 0.1) is 23.4 Å². The zero-order valence-corrected chi connectivity index (χ0v) is 12.0. The Labute approximate surface area is 121 Å². The van der Waals surface area contributed by atoms with E-state index in [4.69, 9.17) is 16.3 Å². The first-order chi connectivity index (χ1) is 9.49. The van der Waals surface area contributed by atoms with E-state index in [0.29, 0.717) is 13.0 Å². The first-order valence-electron chi connectivity index (χ1n) is 6.12. The summed E-state index contributed by atoms with van der Waals surface area (Å²) < 4.78 is 30.3. The molecule has 20 heavy (non-hydrogen) atoms. The average Bonchev–Trinajstić information content (AvgIpc) is 2.40. The number of benzene rings is 1. The van der Waals surface area contributed by atoms with Crippen molar-refractivity contribution in [1.82, 2.24) is 5.32 Å². The summed E-state index contributed by atoms with van der Waals surface area (Å²) in [5.74, 6) is 0. The normalized spacial score (nSPS) is 12.3. The molecular formula is C13H17ClF2N2O2. The molecule has 0 heterocycles. The Balaban J connectivity index is 2.73. The molecule has 0 saturated carbocycles. The summed E-state index contributed by atoms with van der Waals surface area (Å²) in [4.78, 5) is 11.8. The number of nitrogens with one attached hydrogen (secondary N) is 2.